The summed E-state index contributed by atoms with van der Waals surface area (Å²) in [5.41, 5.74) is 0.686. The lowest BCUT2D eigenvalue weighted by atomic mass is 10.0. The predicted octanol–water partition coefficient (Wildman–Crippen LogP) is 2.50. The van der Waals surface area contributed by atoms with Crippen LogP contribution >= 0.6 is 15.9 Å². The fourth-order valence-corrected chi connectivity index (χ4v) is 2.88. The smallest absolute Gasteiger partial charge is 0.318 e. The molecule has 0 aliphatic carbocycles. The summed E-state index contributed by atoms with van der Waals surface area (Å²) in [7, 11) is 0. The Kier molecular flexibility index (Phi) is 4.99. The molecule has 1 aromatic carbocycles. The fourth-order valence-electron chi connectivity index (χ4n) is 2.49. The molecule has 1 aliphatic rings. The predicted molar refractivity (Wildman–Crippen MR) is 77.7 cm³/mol. The van der Waals surface area contributed by atoms with Crippen LogP contribution in [0.2, 0.25) is 0 Å². The summed E-state index contributed by atoms with van der Waals surface area (Å²) in [4.78, 5) is 13.8. The van der Waals surface area contributed by atoms with Crippen LogP contribution in [0.5, 0.6) is 0 Å². The molecule has 2 N–H and O–H groups in total. The van der Waals surface area contributed by atoms with Crippen LogP contribution in [-0.2, 0) is 6.54 Å². The average molecular weight is 345 g/mol. The van der Waals surface area contributed by atoms with Crippen LogP contribution < -0.4 is 5.32 Å². The average Bonchev–Trinajstić information content (AvgIpc) is 2.80. The number of likely N-dealkylation sites (tertiary alicyclic amines) is 1. The second-order valence-electron chi connectivity index (χ2n) is 5.10. The van der Waals surface area contributed by atoms with Crippen LogP contribution in [0, 0.1) is 11.7 Å². The van der Waals surface area contributed by atoms with Crippen molar-refractivity contribution in [2.75, 3.05) is 13.2 Å². The quantitative estimate of drug-likeness (QED) is 0.885. The van der Waals surface area contributed by atoms with E-state index in [4.69, 9.17) is 0 Å². The number of rotatable bonds is 3. The maximum atomic E-state index is 13.2. The van der Waals surface area contributed by atoms with E-state index < -0.39 is 0 Å². The largest absolute Gasteiger partial charge is 0.394 e. The van der Waals surface area contributed by atoms with E-state index >= 15 is 0 Å². The van der Waals surface area contributed by atoms with Crippen LogP contribution in [0.3, 0.4) is 0 Å². The molecule has 0 spiro atoms. The van der Waals surface area contributed by atoms with Gasteiger partial charge in [-0.2, -0.15) is 0 Å². The Morgan fingerprint density at radius 2 is 2.35 bits per heavy atom. The van der Waals surface area contributed by atoms with E-state index in [0.717, 1.165) is 10.9 Å². The van der Waals surface area contributed by atoms with Crippen molar-refractivity contribution in [3.8, 4) is 0 Å². The molecule has 110 valence electrons. The molecule has 1 aromatic rings. The molecule has 1 fully saturated rings. The molecule has 0 bridgehead atoms. The number of nitrogens with zero attached hydrogens (tertiary/aromatic N) is 1. The fraction of sp³-hybridized carbons (Fsp3) is 0.500. The van der Waals surface area contributed by atoms with Crippen molar-refractivity contribution in [2.24, 2.45) is 5.92 Å². The van der Waals surface area contributed by atoms with Crippen molar-refractivity contribution in [3.63, 3.8) is 0 Å². The second-order valence-corrected chi connectivity index (χ2v) is 5.96. The maximum absolute atomic E-state index is 13.2. The zero-order chi connectivity index (χ0) is 14.7. The highest BCUT2D eigenvalue weighted by molar-refractivity contribution is 9.10. The van der Waals surface area contributed by atoms with Gasteiger partial charge in [0.15, 0.2) is 0 Å². The molecular weight excluding hydrogens is 327 g/mol. The molecule has 0 saturated carbocycles. The molecular formula is C14H18BrFN2O2. The Morgan fingerprint density at radius 3 is 3.05 bits per heavy atom. The van der Waals surface area contributed by atoms with Gasteiger partial charge in [-0.15, -0.1) is 0 Å². The highest BCUT2D eigenvalue weighted by Gasteiger charge is 2.33. The molecule has 1 saturated heterocycles. The van der Waals surface area contributed by atoms with Crippen molar-refractivity contribution in [2.45, 2.75) is 25.9 Å². The normalized spacial score (nSPS) is 22.1. The van der Waals surface area contributed by atoms with Gasteiger partial charge in [-0.3, -0.25) is 0 Å². The monoisotopic (exact) mass is 344 g/mol. The van der Waals surface area contributed by atoms with E-state index in [9.17, 15) is 14.3 Å². The first-order chi connectivity index (χ1) is 9.52. The van der Waals surface area contributed by atoms with Gasteiger partial charge in [0.2, 0.25) is 0 Å². The molecule has 2 rings (SSSR count). The Hall–Kier alpha value is -1.14. The first-order valence-electron chi connectivity index (χ1n) is 6.62. The van der Waals surface area contributed by atoms with Crippen molar-refractivity contribution in [3.05, 3.63) is 34.1 Å². The third-order valence-corrected chi connectivity index (χ3v) is 4.54. The van der Waals surface area contributed by atoms with Crippen LogP contribution in [0.1, 0.15) is 18.9 Å². The van der Waals surface area contributed by atoms with Gasteiger partial charge < -0.3 is 15.3 Å². The van der Waals surface area contributed by atoms with Crippen molar-refractivity contribution >= 4 is 22.0 Å². The van der Waals surface area contributed by atoms with Crippen LogP contribution in [0.4, 0.5) is 9.18 Å². The number of benzene rings is 1. The van der Waals surface area contributed by atoms with Crippen LogP contribution in [-0.4, -0.2) is 35.2 Å². The number of amides is 2. The van der Waals surface area contributed by atoms with E-state index in [2.05, 4.69) is 21.2 Å². The molecule has 2 amide bonds. The summed E-state index contributed by atoms with van der Waals surface area (Å²) in [5, 5.41) is 12.1. The lowest BCUT2D eigenvalue weighted by molar-refractivity contribution is 0.143. The number of carbonyl (C=O) groups excluding carboxylic acids is 1. The number of aliphatic hydroxyl groups is 1. The Bertz CT molecular complexity index is 498. The van der Waals surface area contributed by atoms with Gasteiger partial charge in [-0.1, -0.05) is 22.9 Å². The van der Waals surface area contributed by atoms with Crippen molar-refractivity contribution in [1.29, 1.82) is 0 Å². The van der Waals surface area contributed by atoms with Gasteiger partial charge in [0.1, 0.15) is 5.82 Å². The second kappa shape index (κ2) is 6.54. The van der Waals surface area contributed by atoms with Gasteiger partial charge in [-0.25, -0.2) is 9.18 Å². The minimum absolute atomic E-state index is 0.0295. The van der Waals surface area contributed by atoms with Gasteiger partial charge in [0.05, 0.1) is 12.6 Å². The van der Waals surface area contributed by atoms with Crippen molar-refractivity contribution < 1.29 is 14.3 Å². The molecule has 20 heavy (non-hydrogen) atoms. The third kappa shape index (κ3) is 3.30. The highest BCUT2D eigenvalue weighted by atomic mass is 79.9. The third-order valence-electron chi connectivity index (χ3n) is 3.77. The number of hydrogen-bond donors (Lipinski definition) is 2. The summed E-state index contributed by atoms with van der Waals surface area (Å²) in [6.07, 6.45) is 0.891. The van der Waals surface area contributed by atoms with Crippen LogP contribution in [0.25, 0.3) is 0 Å². The van der Waals surface area contributed by atoms with Gasteiger partial charge in [-0.05, 0) is 36.1 Å². The van der Waals surface area contributed by atoms with E-state index in [-0.39, 0.29) is 31.0 Å². The van der Waals surface area contributed by atoms with Gasteiger partial charge in [0.25, 0.3) is 0 Å². The first kappa shape index (κ1) is 15.3. The van der Waals surface area contributed by atoms with Crippen LogP contribution in [0.15, 0.2) is 22.7 Å². The van der Waals surface area contributed by atoms with E-state index in [0.29, 0.717) is 18.0 Å². The molecule has 0 radical (unpaired) electrons. The summed E-state index contributed by atoms with van der Waals surface area (Å²) < 4.78 is 13.9. The SMILES string of the molecule is C[C@H]1CCN(C(=O)NCc2cc(F)ccc2Br)[C@H]1CO. The maximum Gasteiger partial charge on any atom is 0.318 e. The van der Waals surface area contributed by atoms with Gasteiger partial charge >= 0.3 is 6.03 Å². The Morgan fingerprint density at radius 1 is 1.60 bits per heavy atom. The Labute approximate surface area is 126 Å². The summed E-state index contributed by atoms with van der Waals surface area (Å²) in [5.74, 6) is -0.0351. The lowest BCUT2D eigenvalue weighted by Gasteiger charge is -2.25. The molecule has 1 heterocycles. The molecule has 0 unspecified atom stereocenters. The zero-order valence-electron chi connectivity index (χ0n) is 11.3. The van der Waals surface area contributed by atoms with E-state index in [1.165, 1.54) is 12.1 Å². The topological polar surface area (TPSA) is 52.6 Å². The number of aliphatic hydroxyl groups excluding tert-OH is 1. The molecule has 2 atom stereocenters. The number of nitrogens with one attached hydrogen (secondary N) is 1. The Balaban J connectivity index is 1.97. The standard InChI is InChI=1S/C14H18BrFN2O2/c1-9-4-5-18(13(9)8-19)14(20)17-7-10-6-11(16)2-3-12(10)15/h2-3,6,9,13,19H,4-5,7-8H2,1H3,(H,17,20)/t9-,13-/m0/s1. The zero-order valence-corrected chi connectivity index (χ0v) is 12.9. The number of hydrogen-bond acceptors (Lipinski definition) is 2. The highest BCUT2D eigenvalue weighted by Crippen LogP contribution is 2.23. The molecule has 6 heteroatoms. The van der Waals surface area contributed by atoms with Crippen molar-refractivity contribution in [1.82, 2.24) is 10.2 Å². The number of urea groups is 1. The summed E-state index contributed by atoms with van der Waals surface area (Å²) >= 11 is 3.33. The number of carbonyl (C=O) groups is 1. The first-order valence-corrected chi connectivity index (χ1v) is 7.41. The lowest BCUT2D eigenvalue weighted by Crippen LogP contribution is -2.45. The molecule has 4 nitrogen and oxygen atoms in total. The minimum Gasteiger partial charge on any atom is -0.394 e. The molecule has 1 aliphatic heterocycles. The summed E-state index contributed by atoms with van der Waals surface area (Å²) in [6, 6.07) is 4.01. The van der Waals surface area contributed by atoms with Gasteiger partial charge in [0, 0.05) is 17.6 Å². The van der Waals surface area contributed by atoms with E-state index in [1.54, 1.807) is 11.0 Å². The summed E-state index contributed by atoms with van der Waals surface area (Å²) in [6.45, 7) is 2.89. The molecule has 0 aromatic heterocycles. The van der Waals surface area contributed by atoms with E-state index in [1.807, 2.05) is 6.92 Å². The minimum atomic E-state index is -0.333. The number of halogens is 2.